The van der Waals surface area contributed by atoms with Crippen LogP contribution in [0.15, 0.2) is 28.7 Å². The van der Waals surface area contributed by atoms with Crippen molar-refractivity contribution in [3.05, 3.63) is 28.7 Å². The second-order valence-electron chi connectivity index (χ2n) is 6.61. The Morgan fingerprint density at radius 1 is 1.24 bits per heavy atom. The van der Waals surface area contributed by atoms with Crippen molar-refractivity contribution in [1.82, 2.24) is 0 Å². The van der Waals surface area contributed by atoms with Crippen LogP contribution in [0.3, 0.4) is 0 Å². The monoisotopic (exact) mass is 351 g/mol. The van der Waals surface area contributed by atoms with Gasteiger partial charge in [-0.15, -0.1) is 0 Å². The number of halogens is 1. The molecule has 2 bridgehead atoms. The first kappa shape index (κ1) is 14.6. The van der Waals surface area contributed by atoms with E-state index < -0.39 is 16.4 Å². The van der Waals surface area contributed by atoms with Gasteiger partial charge in [0, 0.05) is 9.89 Å². The first-order chi connectivity index (χ1) is 9.74. The van der Waals surface area contributed by atoms with Crippen molar-refractivity contribution >= 4 is 33.5 Å². The molecular weight excluding hydrogens is 334 g/mol. The molecule has 0 spiro atoms. The molecule has 2 aliphatic rings. The Balaban J connectivity index is 1.96. The van der Waals surface area contributed by atoms with Crippen molar-refractivity contribution in [3.63, 3.8) is 0 Å². The van der Waals surface area contributed by atoms with E-state index in [1.807, 2.05) is 45.0 Å². The van der Waals surface area contributed by atoms with Gasteiger partial charge < -0.3 is 10.1 Å². The van der Waals surface area contributed by atoms with Gasteiger partial charge in [-0.2, -0.15) is 0 Å². The van der Waals surface area contributed by atoms with Crippen LogP contribution in [0.1, 0.15) is 33.6 Å². The molecule has 1 aliphatic heterocycles. The van der Waals surface area contributed by atoms with Crippen molar-refractivity contribution in [2.45, 2.75) is 39.2 Å². The number of rotatable bonds is 2. The van der Waals surface area contributed by atoms with E-state index in [2.05, 4.69) is 21.2 Å². The summed E-state index contributed by atoms with van der Waals surface area (Å²) in [6, 6.07) is 7.40. The van der Waals surface area contributed by atoms with Gasteiger partial charge in [-0.3, -0.25) is 9.59 Å². The molecule has 2 atom stereocenters. The summed E-state index contributed by atoms with van der Waals surface area (Å²) in [4.78, 5) is 25.0. The first-order valence-electron chi connectivity index (χ1n) is 7.04. The molecule has 1 aromatic carbocycles. The quantitative estimate of drug-likeness (QED) is 0.829. The van der Waals surface area contributed by atoms with Gasteiger partial charge in [0.25, 0.3) is 5.91 Å². The molecule has 3 rings (SSSR count). The fourth-order valence-electron chi connectivity index (χ4n) is 3.53. The zero-order valence-corrected chi connectivity index (χ0v) is 13.9. The van der Waals surface area contributed by atoms with E-state index in [1.165, 1.54) is 0 Å². The molecule has 0 radical (unpaired) electrons. The van der Waals surface area contributed by atoms with E-state index >= 15 is 0 Å². The van der Waals surface area contributed by atoms with Gasteiger partial charge in [-0.05, 0) is 47.8 Å². The van der Waals surface area contributed by atoms with Crippen molar-refractivity contribution in [2.75, 3.05) is 5.32 Å². The van der Waals surface area contributed by atoms with Crippen LogP contribution in [0.5, 0.6) is 0 Å². The fourth-order valence-corrected chi connectivity index (χ4v) is 3.92. The molecule has 1 saturated carbocycles. The van der Waals surface area contributed by atoms with E-state index in [0.717, 1.165) is 4.47 Å². The van der Waals surface area contributed by atoms with E-state index in [4.69, 9.17) is 4.74 Å². The standard InChI is InChI=1S/C16H18BrNO3/c1-14(2)15(3)8-9-16(14,21-13(15)20)12(19)18-11-7-5-4-6-10(11)17/h4-7H,8-9H2,1-3H3,(H,18,19)/t15-,16-/m0/s1. The summed E-state index contributed by atoms with van der Waals surface area (Å²) in [5, 5.41) is 2.90. The molecule has 1 saturated heterocycles. The minimum Gasteiger partial charge on any atom is -0.448 e. The molecular formula is C16H18BrNO3. The molecule has 1 heterocycles. The molecule has 2 fully saturated rings. The van der Waals surface area contributed by atoms with Crippen LogP contribution in [0, 0.1) is 10.8 Å². The maximum absolute atomic E-state index is 12.8. The topological polar surface area (TPSA) is 55.4 Å². The highest BCUT2D eigenvalue weighted by Crippen LogP contribution is 2.65. The lowest BCUT2D eigenvalue weighted by molar-refractivity contribution is -0.165. The van der Waals surface area contributed by atoms with Crippen molar-refractivity contribution < 1.29 is 14.3 Å². The van der Waals surface area contributed by atoms with Gasteiger partial charge in [0.15, 0.2) is 5.60 Å². The molecule has 1 N–H and O–H groups in total. The Bertz CT molecular complexity index is 642. The van der Waals surface area contributed by atoms with Crippen molar-refractivity contribution in [2.24, 2.45) is 10.8 Å². The van der Waals surface area contributed by atoms with Crippen LogP contribution in [0.25, 0.3) is 0 Å². The van der Waals surface area contributed by atoms with Crippen LogP contribution in [0.4, 0.5) is 5.69 Å². The molecule has 4 nitrogen and oxygen atoms in total. The minimum atomic E-state index is -1.08. The van der Waals surface area contributed by atoms with Crippen LogP contribution in [-0.2, 0) is 14.3 Å². The third kappa shape index (κ3) is 1.67. The van der Waals surface area contributed by atoms with Gasteiger partial charge in [-0.1, -0.05) is 26.0 Å². The number of nitrogens with one attached hydrogen (secondary N) is 1. The number of hydrogen-bond acceptors (Lipinski definition) is 3. The number of benzene rings is 1. The molecule has 21 heavy (non-hydrogen) atoms. The van der Waals surface area contributed by atoms with E-state index in [9.17, 15) is 9.59 Å². The summed E-state index contributed by atoms with van der Waals surface area (Å²) in [6.45, 7) is 5.80. The van der Waals surface area contributed by atoms with E-state index in [1.54, 1.807) is 0 Å². The Labute approximate surface area is 132 Å². The summed E-state index contributed by atoms with van der Waals surface area (Å²) in [7, 11) is 0. The van der Waals surface area contributed by atoms with E-state index in [0.29, 0.717) is 18.5 Å². The van der Waals surface area contributed by atoms with Gasteiger partial charge in [0.05, 0.1) is 11.1 Å². The molecule has 1 amide bonds. The number of esters is 1. The predicted molar refractivity (Wildman–Crippen MR) is 82.7 cm³/mol. The van der Waals surface area contributed by atoms with E-state index in [-0.39, 0.29) is 11.9 Å². The molecule has 1 aliphatic carbocycles. The van der Waals surface area contributed by atoms with Crippen LogP contribution >= 0.6 is 15.9 Å². The molecule has 1 aromatic rings. The van der Waals surface area contributed by atoms with Gasteiger partial charge in [0.2, 0.25) is 0 Å². The Hall–Kier alpha value is -1.36. The van der Waals surface area contributed by atoms with Gasteiger partial charge in [-0.25, -0.2) is 0 Å². The largest absolute Gasteiger partial charge is 0.448 e. The number of anilines is 1. The zero-order chi connectivity index (χ0) is 15.5. The lowest BCUT2D eigenvalue weighted by Gasteiger charge is -2.35. The smallest absolute Gasteiger partial charge is 0.313 e. The Morgan fingerprint density at radius 2 is 1.90 bits per heavy atom. The predicted octanol–water partition coefficient (Wildman–Crippen LogP) is 3.51. The third-order valence-corrected chi connectivity index (χ3v) is 6.26. The van der Waals surface area contributed by atoms with Crippen LogP contribution in [0.2, 0.25) is 0 Å². The zero-order valence-electron chi connectivity index (χ0n) is 12.3. The summed E-state index contributed by atoms with van der Waals surface area (Å²) < 4.78 is 6.38. The number of fused-ring (bicyclic) bond motifs is 2. The number of para-hydroxylation sites is 1. The van der Waals surface area contributed by atoms with Crippen LogP contribution in [-0.4, -0.2) is 17.5 Å². The summed E-state index contributed by atoms with van der Waals surface area (Å²) in [6.07, 6.45) is 1.25. The van der Waals surface area contributed by atoms with Crippen molar-refractivity contribution in [3.8, 4) is 0 Å². The molecule has 112 valence electrons. The maximum Gasteiger partial charge on any atom is 0.313 e. The average molecular weight is 352 g/mol. The second kappa shape index (κ2) is 4.32. The molecule has 5 heteroatoms. The summed E-state index contributed by atoms with van der Waals surface area (Å²) in [5.74, 6) is -0.505. The van der Waals surface area contributed by atoms with Crippen LogP contribution < -0.4 is 5.32 Å². The highest BCUT2D eigenvalue weighted by atomic mass is 79.9. The summed E-state index contributed by atoms with van der Waals surface area (Å²) >= 11 is 3.41. The highest BCUT2D eigenvalue weighted by Gasteiger charge is 2.75. The number of amides is 1. The maximum atomic E-state index is 12.8. The third-order valence-electron chi connectivity index (χ3n) is 5.57. The lowest BCUT2D eigenvalue weighted by atomic mass is 9.66. The lowest BCUT2D eigenvalue weighted by Crippen LogP contribution is -2.50. The minimum absolute atomic E-state index is 0.242. The SMILES string of the molecule is CC1(C)[C@@]2(C)CC[C@@]1(C(=O)Nc1ccccc1Br)OC2=O. The van der Waals surface area contributed by atoms with Crippen molar-refractivity contribution in [1.29, 1.82) is 0 Å². The second-order valence-corrected chi connectivity index (χ2v) is 7.46. The summed E-state index contributed by atoms with van der Waals surface area (Å²) in [5.41, 5.74) is -1.50. The number of carbonyl (C=O) groups excluding carboxylic acids is 2. The Kier molecular flexibility index (Phi) is 3.00. The molecule has 0 aromatic heterocycles. The highest BCUT2D eigenvalue weighted by molar-refractivity contribution is 9.10. The normalized spacial score (nSPS) is 32.9. The Morgan fingerprint density at radius 3 is 2.43 bits per heavy atom. The number of carbonyl (C=O) groups is 2. The number of ether oxygens (including phenoxy) is 1. The first-order valence-corrected chi connectivity index (χ1v) is 7.83. The van der Waals surface area contributed by atoms with Gasteiger partial charge >= 0.3 is 5.97 Å². The molecule has 0 unspecified atom stereocenters. The number of hydrogen-bond donors (Lipinski definition) is 1. The average Bonchev–Trinajstić information content (AvgIpc) is 2.72. The van der Waals surface area contributed by atoms with Gasteiger partial charge in [0.1, 0.15) is 0 Å². The fraction of sp³-hybridized carbons (Fsp3) is 0.500.